The van der Waals surface area contributed by atoms with Gasteiger partial charge in [0.15, 0.2) is 4.34 Å². The van der Waals surface area contributed by atoms with Gasteiger partial charge in [-0.05, 0) is 36.1 Å². The second kappa shape index (κ2) is 6.69. The zero-order valence-corrected chi connectivity index (χ0v) is 14.2. The number of aromatic nitrogens is 1. The van der Waals surface area contributed by atoms with E-state index in [1.807, 2.05) is 18.2 Å². The summed E-state index contributed by atoms with van der Waals surface area (Å²) in [5, 5.41) is 3.33. The van der Waals surface area contributed by atoms with E-state index in [9.17, 15) is 4.79 Å². The van der Waals surface area contributed by atoms with Crippen molar-refractivity contribution in [2.45, 2.75) is 11.3 Å². The highest BCUT2D eigenvalue weighted by Gasteiger charge is 2.11. The number of fused-ring (bicyclic) bond motifs is 1. The van der Waals surface area contributed by atoms with Gasteiger partial charge in [0.1, 0.15) is 0 Å². The molecule has 1 aromatic heterocycles. The first-order valence-electron chi connectivity index (χ1n) is 6.76. The van der Waals surface area contributed by atoms with Gasteiger partial charge in [-0.15, -0.1) is 11.3 Å². The Balaban J connectivity index is 1.84. The zero-order chi connectivity index (χ0) is 15.5. The highest BCUT2D eigenvalue weighted by atomic mass is 35.5. The maximum absolute atomic E-state index is 12.3. The summed E-state index contributed by atoms with van der Waals surface area (Å²) >= 11 is 9.41. The largest absolute Gasteiger partial charge is 0.322 e. The van der Waals surface area contributed by atoms with Gasteiger partial charge in [0.05, 0.1) is 20.8 Å². The molecule has 22 heavy (non-hydrogen) atoms. The second-order valence-electron chi connectivity index (χ2n) is 4.53. The predicted molar refractivity (Wildman–Crippen MR) is 95.4 cm³/mol. The number of halogens is 1. The van der Waals surface area contributed by atoms with Crippen molar-refractivity contribution >= 4 is 56.5 Å². The molecule has 0 atom stereocenters. The van der Waals surface area contributed by atoms with Gasteiger partial charge in [-0.25, -0.2) is 4.98 Å². The van der Waals surface area contributed by atoms with Crippen molar-refractivity contribution < 1.29 is 4.79 Å². The van der Waals surface area contributed by atoms with Crippen molar-refractivity contribution in [3.63, 3.8) is 0 Å². The molecule has 0 saturated carbocycles. The number of nitrogens with zero attached hydrogens (tertiary/aromatic N) is 1. The topological polar surface area (TPSA) is 42.0 Å². The Morgan fingerprint density at radius 3 is 2.91 bits per heavy atom. The Morgan fingerprint density at radius 1 is 1.32 bits per heavy atom. The number of benzene rings is 2. The van der Waals surface area contributed by atoms with E-state index in [2.05, 4.69) is 17.2 Å². The summed E-state index contributed by atoms with van der Waals surface area (Å²) in [6.45, 7) is 2.10. The summed E-state index contributed by atoms with van der Waals surface area (Å²) in [6, 6.07) is 12.7. The molecule has 0 saturated heterocycles. The van der Waals surface area contributed by atoms with Crippen molar-refractivity contribution in [3.8, 4) is 0 Å². The highest BCUT2D eigenvalue weighted by Crippen LogP contribution is 2.31. The van der Waals surface area contributed by atoms with Crippen molar-refractivity contribution in [2.24, 2.45) is 0 Å². The van der Waals surface area contributed by atoms with Crippen LogP contribution >= 0.6 is 34.7 Å². The molecule has 0 unspecified atom stereocenters. The van der Waals surface area contributed by atoms with Crippen LogP contribution in [-0.4, -0.2) is 16.6 Å². The Bertz CT molecular complexity index is 832. The lowest BCUT2D eigenvalue weighted by Gasteiger charge is -2.06. The van der Waals surface area contributed by atoms with Crippen LogP contribution in [0.5, 0.6) is 0 Å². The van der Waals surface area contributed by atoms with Crippen LogP contribution in [0.3, 0.4) is 0 Å². The first-order chi connectivity index (χ1) is 10.7. The lowest BCUT2D eigenvalue weighted by Crippen LogP contribution is -2.12. The van der Waals surface area contributed by atoms with Crippen molar-refractivity contribution in [2.75, 3.05) is 11.1 Å². The standard InChI is InChI=1S/C16H13ClN2OS2/c1-2-21-16-19-13-8-7-10(9-14(13)22-16)18-15(20)11-5-3-4-6-12(11)17/h3-9H,2H2,1H3,(H,18,20). The SMILES string of the molecule is CCSc1nc2ccc(NC(=O)c3ccccc3Cl)cc2s1. The number of nitrogens with one attached hydrogen (secondary N) is 1. The lowest BCUT2D eigenvalue weighted by molar-refractivity contribution is 0.102. The van der Waals surface area contributed by atoms with E-state index < -0.39 is 0 Å². The zero-order valence-electron chi connectivity index (χ0n) is 11.8. The first kappa shape index (κ1) is 15.3. The van der Waals surface area contributed by atoms with Crippen molar-refractivity contribution in [1.82, 2.24) is 4.98 Å². The summed E-state index contributed by atoms with van der Waals surface area (Å²) < 4.78 is 2.11. The van der Waals surface area contributed by atoms with E-state index >= 15 is 0 Å². The number of carbonyl (C=O) groups excluding carboxylic acids is 1. The summed E-state index contributed by atoms with van der Waals surface area (Å²) in [6.07, 6.45) is 0. The third kappa shape index (κ3) is 3.27. The summed E-state index contributed by atoms with van der Waals surface area (Å²) in [4.78, 5) is 16.8. The average molecular weight is 349 g/mol. The van der Waals surface area contributed by atoms with Gasteiger partial charge >= 0.3 is 0 Å². The van der Waals surface area contributed by atoms with Gasteiger partial charge in [-0.3, -0.25) is 4.79 Å². The van der Waals surface area contributed by atoms with Gasteiger partial charge < -0.3 is 5.32 Å². The molecule has 3 nitrogen and oxygen atoms in total. The molecule has 3 rings (SSSR count). The number of thiazole rings is 1. The van der Waals surface area contributed by atoms with Crippen LogP contribution < -0.4 is 5.32 Å². The van der Waals surface area contributed by atoms with E-state index in [4.69, 9.17) is 11.6 Å². The van der Waals surface area contributed by atoms with Gasteiger partial charge in [0, 0.05) is 5.69 Å². The number of anilines is 1. The highest BCUT2D eigenvalue weighted by molar-refractivity contribution is 8.01. The minimum atomic E-state index is -0.211. The predicted octanol–water partition coefficient (Wildman–Crippen LogP) is 5.31. The molecule has 0 aliphatic rings. The van der Waals surface area contributed by atoms with E-state index in [1.165, 1.54) is 0 Å². The van der Waals surface area contributed by atoms with E-state index in [0.29, 0.717) is 10.6 Å². The van der Waals surface area contributed by atoms with Crippen molar-refractivity contribution in [1.29, 1.82) is 0 Å². The number of thioether (sulfide) groups is 1. The first-order valence-corrected chi connectivity index (χ1v) is 8.94. The molecule has 0 bridgehead atoms. The van der Waals surface area contributed by atoms with Crippen LogP contribution in [0.25, 0.3) is 10.2 Å². The number of hydrogen-bond donors (Lipinski definition) is 1. The molecular weight excluding hydrogens is 336 g/mol. The third-order valence-electron chi connectivity index (χ3n) is 3.01. The minimum absolute atomic E-state index is 0.211. The van der Waals surface area contributed by atoms with Crippen LogP contribution in [0.2, 0.25) is 5.02 Å². The molecule has 0 aliphatic carbocycles. The molecule has 1 heterocycles. The van der Waals surface area contributed by atoms with Gasteiger partial charge in [-0.2, -0.15) is 0 Å². The van der Waals surface area contributed by atoms with Gasteiger partial charge in [0.2, 0.25) is 0 Å². The molecule has 0 aliphatic heterocycles. The maximum atomic E-state index is 12.3. The number of hydrogen-bond acceptors (Lipinski definition) is 4. The van der Waals surface area contributed by atoms with Crippen molar-refractivity contribution in [3.05, 3.63) is 53.1 Å². The molecule has 112 valence electrons. The Hall–Kier alpha value is -1.56. The Labute approximate surface area is 141 Å². The Kier molecular flexibility index (Phi) is 4.66. The molecule has 0 spiro atoms. The van der Waals surface area contributed by atoms with E-state index in [0.717, 1.165) is 26.0 Å². The molecule has 1 amide bonds. The fourth-order valence-electron chi connectivity index (χ4n) is 2.01. The number of rotatable bonds is 4. The maximum Gasteiger partial charge on any atom is 0.257 e. The minimum Gasteiger partial charge on any atom is -0.322 e. The van der Waals surface area contributed by atoms with Gasteiger partial charge in [0.25, 0.3) is 5.91 Å². The molecule has 1 N–H and O–H groups in total. The lowest BCUT2D eigenvalue weighted by atomic mass is 10.2. The molecule has 2 aromatic carbocycles. The summed E-state index contributed by atoms with van der Waals surface area (Å²) in [7, 11) is 0. The fourth-order valence-corrected chi connectivity index (χ4v) is 4.24. The third-order valence-corrected chi connectivity index (χ3v) is 5.39. The smallest absolute Gasteiger partial charge is 0.257 e. The molecule has 3 aromatic rings. The Morgan fingerprint density at radius 2 is 2.14 bits per heavy atom. The van der Waals surface area contributed by atoms with Crippen LogP contribution in [0, 0.1) is 0 Å². The van der Waals surface area contributed by atoms with Crippen LogP contribution in [0.4, 0.5) is 5.69 Å². The molecule has 6 heteroatoms. The quantitative estimate of drug-likeness (QED) is 0.649. The van der Waals surface area contributed by atoms with E-state index in [-0.39, 0.29) is 5.91 Å². The fraction of sp³-hybridized carbons (Fsp3) is 0.125. The van der Waals surface area contributed by atoms with Crippen LogP contribution in [0.15, 0.2) is 46.8 Å². The normalized spacial score (nSPS) is 10.8. The van der Waals surface area contributed by atoms with Crippen LogP contribution in [-0.2, 0) is 0 Å². The summed E-state index contributed by atoms with van der Waals surface area (Å²) in [5.41, 5.74) is 2.17. The monoisotopic (exact) mass is 348 g/mol. The average Bonchev–Trinajstić information content (AvgIpc) is 2.89. The molecular formula is C16H13ClN2OS2. The van der Waals surface area contributed by atoms with Crippen LogP contribution in [0.1, 0.15) is 17.3 Å². The number of amides is 1. The van der Waals surface area contributed by atoms with E-state index in [1.54, 1.807) is 47.4 Å². The van der Waals surface area contributed by atoms with Gasteiger partial charge in [-0.1, -0.05) is 42.4 Å². The molecule has 0 radical (unpaired) electrons. The molecule has 0 fully saturated rings. The summed E-state index contributed by atoms with van der Waals surface area (Å²) in [5.74, 6) is 0.785. The number of carbonyl (C=O) groups is 1. The second-order valence-corrected chi connectivity index (χ2v) is 7.48.